The Morgan fingerprint density at radius 2 is 1.71 bits per heavy atom. The molecule has 0 amide bonds. The molecule has 0 bridgehead atoms. The summed E-state index contributed by atoms with van der Waals surface area (Å²) < 4.78 is 3.71. The third kappa shape index (κ3) is 2.25. The molecule has 0 spiro atoms. The Balaban J connectivity index is 1.99. The van der Waals surface area contributed by atoms with E-state index in [1.807, 2.05) is 43.4 Å². The van der Waals surface area contributed by atoms with Crippen molar-refractivity contribution in [2.75, 3.05) is 0 Å². The maximum atomic E-state index is 4.57. The van der Waals surface area contributed by atoms with Gasteiger partial charge >= 0.3 is 0 Å². The van der Waals surface area contributed by atoms with E-state index in [4.69, 9.17) is 0 Å². The molecule has 0 aliphatic carbocycles. The zero-order valence-corrected chi connectivity index (χ0v) is 14.0. The van der Waals surface area contributed by atoms with E-state index in [1.54, 1.807) is 4.68 Å². The zero-order chi connectivity index (χ0) is 16.8. The van der Waals surface area contributed by atoms with Crippen molar-refractivity contribution in [3.8, 4) is 17.3 Å². The first-order valence-electron chi connectivity index (χ1n) is 7.73. The van der Waals surface area contributed by atoms with Gasteiger partial charge in [-0.25, -0.2) is 14.6 Å². The molecule has 1 aromatic carbocycles. The van der Waals surface area contributed by atoms with Crippen molar-refractivity contribution < 1.29 is 0 Å². The molecule has 0 aliphatic heterocycles. The third-order valence-electron chi connectivity index (χ3n) is 3.85. The van der Waals surface area contributed by atoms with Crippen molar-refractivity contribution in [1.82, 2.24) is 34.3 Å². The fraction of sp³-hybridized carbons (Fsp3) is 0.235. The molecule has 0 N–H and O–H groups in total. The quantitative estimate of drug-likeness (QED) is 0.568. The summed E-state index contributed by atoms with van der Waals surface area (Å²) in [4.78, 5) is 9.01. The fourth-order valence-electron chi connectivity index (χ4n) is 2.87. The van der Waals surface area contributed by atoms with E-state index in [1.165, 1.54) is 0 Å². The van der Waals surface area contributed by atoms with Crippen LogP contribution in [0.15, 0.2) is 30.3 Å². The van der Waals surface area contributed by atoms with Gasteiger partial charge in [-0.15, -0.1) is 10.2 Å². The van der Waals surface area contributed by atoms with Gasteiger partial charge in [0.1, 0.15) is 5.82 Å². The molecule has 7 nitrogen and oxygen atoms in total. The minimum Gasteiger partial charge on any atom is -0.261 e. The number of aromatic nitrogens is 7. The summed E-state index contributed by atoms with van der Waals surface area (Å²) in [5, 5.41) is 13.1. The summed E-state index contributed by atoms with van der Waals surface area (Å²) in [5.41, 5.74) is 4.02. The molecule has 0 atom stereocenters. The molecule has 0 saturated heterocycles. The zero-order valence-electron chi connectivity index (χ0n) is 14.0. The maximum Gasteiger partial charge on any atom is 0.255 e. The van der Waals surface area contributed by atoms with E-state index in [9.17, 15) is 0 Å². The van der Waals surface area contributed by atoms with Crippen molar-refractivity contribution >= 4 is 5.78 Å². The number of aryl methyl sites for hydroxylation is 4. The van der Waals surface area contributed by atoms with E-state index in [2.05, 4.69) is 44.3 Å². The number of hydrogen-bond acceptors (Lipinski definition) is 5. The van der Waals surface area contributed by atoms with Gasteiger partial charge in [0.2, 0.25) is 11.6 Å². The standard InChI is InChI=1S/C17H17N7/c1-10-6-5-7-14(8-10)24-15(19-13(4)22-24)16-20-21-17-18-11(2)9-12(3)23(16)17/h5-9H,1-4H3. The first-order chi connectivity index (χ1) is 11.5. The summed E-state index contributed by atoms with van der Waals surface area (Å²) in [6.07, 6.45) is 0. The van der Waals surface area contributed by atoms with Gasteiger partial charge in [-0.05, 0) is 51.5 Å². The second-order valence-electron chi connectivity index (χ2n) is 5.93. The lowest BCUT2D eigenvalue weighted by Gasteiger charge is -2.07. The Morgan fingerprint density at radius 1 is 0.875 bits per heavy atom. The monoisotopic (exact) mass is 319 g/mol. The highest BCUT2D eigenvalue weighted by atomic mass is 15.4. The summed E-state index contributed by atoms with van der Waals surface area (Å²) >= 11 is 0. The molecule has 4 rings (SSSR count). The highest BCUT2D eigenvalue weighted by Gasteiger charge is 2.19. The van der Waals surface area contributed by atoms with Gasteiger partial charge < -0.3 is 0 Å². The molecule has 0 fully saturated rings. The lowest BCUT2D eigenvalue weighted by Crippen LogP contribution is -2.04. The van der Waals surface area contributed by atoms with Gasteiger partial charge in [0.15, 0.2) is 0 Å². The summed E-state index contributed by atoms with van der Waals surface area (Å²) in [7, 11) is 0. The summed E-state index contributed by atoms with van der Waals surface area (Å²) in [5.74, 6) is 2.54. The number of rotatable bonds is 2. The smallest absolute Gasteiger partial charge is 0.255 e. The first-order valence-corrected chi connectivity index (χ1v) is 7.73. The highest BCUT2D eigenvalue weighted by molar-refractivity contribution is 5.54. The number of hydrogen-bond donors (Lipinski definition) is 0. The lowest BCUT2D eigenvalue weighted by molar-refractivity contribution is 0.856. The second kappa shape index (κ2) is 5.23. The Labute approximate surface area is 139 Å². The van der Waals surface area contributed by atoms with Crippen LogP contribution in [0.3, 0.4) is 0 Å². The molecule has 3 heterocycles. The van der Waals surface area contributed by atoms with Crippen LogP contribution in [-0.2, 0) is 0 Å². The molecule has 0 aliphatic rings. The number of nitrogens with zero attached hydrogens (tertiary/aromatic N) is 7. The molecule has 7 heteroatoms. The molecular formula is C17H17N7. The highest BCUT2D eigenvalue weighted by Crippen LogP contribution is 2.22. The van der Waals surface area contributed by atoms with Crippen molar-refractivity contribution in [2.24, 2.45) is 0 Å². The minimum atomic E-state index is 0.568. The van der Waals surface area contributed by atoms with E-state index < -0.39 is 0 Å². The fourth-order valence-corrected chi connectivity index (χ4v) is 2.87. The Kier molecular flexibility index (Phi) is 3.16. The van der Waals surface area contributed by atoms with Crippen molar-refractivity contribution in [2.45, 2.75) is 27.7 Å². The predicted octanol–water partition coefficient (Wildman–Crippen LogP) is 2.61. The molecule has 0 saturated carbocycles. The van der Waals surface area contributed by atoms with Crippen LogP contribution >= 0.6 is 0 Å². The van der Waals surface area contributed by atoms with Crippen LogP contribution < -0.4 is 0 Å². The average molecular weight is 319 g/mol. The average Bonchev–Trinajstić information content (AvgIpc) is 3.10. The Bertz CT molecular complexity index is 1060. The van der Waals surface area contributed by atoms with Gasteiger partial charge in [0.05, 0.1) is 5.69 Å². The summed E-state index contributed by atoms with van der Waals surface area (Å²) in [6.45, 7) is 7.88. The van der Waals surface area contributed by atoms with Crippen LogP contribution in [0.2, 0.25) is 0 Å². The number of benzene rings is 1. The van der Waals surface area contributed by atoms with Gasteiger partial charge in [0, 0.05) is 11.4 Å². The molecule has 120 valence electrons. The largest absolute Gasteiger partial charge is 0.261 e. The molecule has 4 aromatic rings. The topological polar surface area (TPSA) is 73.8 Å². The van der Waals surface area contributed by atoms with Crippen molar-refractivity contribution in [1.29, 1.82) is 0 Å². The van der Waals surface area contributed by atoms with Gasteiger partial charge in [-0.2, -0.15) is 5.10 Å². The van der Waals surface area contributed by atoms with Gasteiger partial charge in [-0.1, -0.05) is 12.1 Å². The molecule has 3 aromatic heterocycles. The molecule has 0 radical (unpaired) electrons. The normalized spacial score (nSPS) is 11.3. The SMILES string of the molecule is Cc1cccc(-n2nc(C)nc2-c2nnc3nc(C)cc(C)n23)c1. The van der Waals surface area contributed by atoms with Crippen LogP contribution in [0.1, 0.15) is 22.8 Å². The van der Waals surface area contributed by atoms with Crippen molar-refractivity contribution in [3.05, 3.63) is 53.1 Å². The third-order valence-corrected chi connectivity index (χ3v) is 3.85. The van der Waals surface area contributed by atoms with E-state index in [0.717, 1.165) is 22.6 Å². The van der Waals surface area contributed by atoms with Crippen LogP contribution in [0, 0.1) is 27.7 Å². The van der Waals surface area contributed by atoms with Gasteiger partial charge in [-0.3, -0.25) is 4.40 Å². The van der Waals surface area contributed by atoms with Crippen LogP contribution in [-0.4, -0.2) is 34.3 Å². The van der Waals surface area contributed by atoms with E-state index >= 15 is 0 Å². The minimum absolute atomic E-state index is 0.568. The maximum absolute atomic E-state index is 4.57. The van der Waals surface area contributed by atoms with Crippen molar-refractivity contribution in [3.63, 3.8) is 0 Å². The number of fused-ring (bicyclic) bond motifs is 1. The molecular weight excluding hydrogens is 302 g/mol. The molecule has 24 heavy (non-hydrogen) atoms. The van der Waals surface area contributed by atoms with Crippen LogP contribution in [0.5, 0.6) is 0 Å². The predicted molar refractivity (Wildman–Crippen MR) is 90.1 cm³/mol. The van der Waals surface area contributed by atoms with Crippen LogP contribution in [0.4, 0.5) is 0 Å². The molecule has 0 unspecified atom stereocenters. The van der Waals surface area contributed by atoms with Gasteiger partial charge in [0.25, 0.3) is 5.78 Å². The Hall–Kier alpha value is -3.09. The van der Waals surface area contributed by atoms with E-state index in [-0.39, 0.29) is 0 Å². The first kappa shape index (κ1) is 14.5. The Morgan fingerprint density at radius 3 is 2.50 bits per heavy atom. The lowest BCUT2D eigenvalue weighted by atomic mass is 10.2. The summed E-state index contributed by atoms with van der Waals surface area (Å²) in [6, 6.07) is 10.1. The van der Waals surface area contributed by atoms with Crippen LogP contribution in [0.25, 0.3) is 23.1 Å². The van der Waals surface area contributed by atoms with E-state index in [0.29, 0.717) is 23.3 Å². The second-order valence-corrected chi connectivity index (χ2v) is 5.93.